The second-order valence-corrected chi connectivity index (χ2v) is 5.66. The van der Waals surface area contributed by atoms with E-state index in [1.807, 2.05) is 0 Å². The van der Waals surface area contributed by atoms with E-state index < -0.39 is 11.6 Å². The van der Waals surface area contributed by atoms with Crippen LogP contribution in [0.2, 0.25) is 0 Å². The van der Waals surface area contributed by atoms with Gasteiger partial charge in [-0.05, 0) is 6.07 Å². The van der Waals surface area contributed by atoms with Crippen LogP contribution in [0.4, 0.5) is 14.6 Å². The van der Waals surface area contributed by atoms with Gasteiger partial charge in [-0.3, -0.25) is 4.40 Å². The number of anilines is 1. The van der Waals surface area contributed by atoms with Crippen molar-refractivity contribution in [3.8, 4) is 17.0 Å². The number of hydrogen-bond donors (Lipinski definition) is 0. The van der Waals surface area contributed by atoms with Crippen molar-refractivity contribution in [2.45, 2.75) is 0 Å². The standard InChI is InChI=1S/C17H16F2N4O2/c1-24-15-12(8-11(18)9-13(15)19)14-10-21-17-16(20-2-3-23(14)17)22-4-6-25-7-5-22/h2-3,8-10H,4-7H2,1H3. The number of nitrogens with zero attached hydrogens (tertiary/aromatic N) is 4. The summed E-state index contributed by atoms with van der Waals surface area (Å²) >= 11 is 0. The molecular weight excluding hydrogens is 330 g/mol. The predicted molar refractivity (Wildman–Crippen MR) is 87.9 cm³/mol. The molecule has 0 amide bonds. The molecule has 0 bridgehead atoms. The second-order valence-electron chi connectivity index (χ2n) is 5.66. The number of aromatic nitrogens is 3. The van der Waals surface area contributed by atoms with Crippen molar-refractivity contribution in [2.75, 3.05) is 38.3 Å². The van der Waals surface area contributed by atoms with Gasteiger partial charge in [-0.25, -0.2) is 18.7 Å². The second kappa shape index (κ2) is 6.29. The van der Waals surface area contributed by atoms with Crippen molar-refractivity contribution < 1.29 is 18.3 Å². The zero-order valence-electron chi connectivity index (χ0n) is 13.6. The van der Waals surface area contributed by atoms with Gasteiger partial charge in [0.15, 0.2) is 23.0 Å². The zero-order valence-corrected chi connectivity index (χ0v) is 13.6. The molecule has 2 aromatic heterocycles. The molecule has 1 aliphatic rings. The Morgan fingerprint density at radius 2 is 1.96 bits per heavy atom. The first kappa shape index (κ1) is 15.8. The summed E-state index contributed by atoms with van der Waals surface area (Å²) in [5, 5.41) is 0. The Balaban J connectivity index is 1.88. The fraction of sp³-hybridized carbons (Fsp3) is 0.294. The number of imidazole rings is 1. The first-order valence-electron chi connectivity index (χ1n) is 7.87. The third-order valence-electron chi connectivity index (χ3n) is 4.21. The van der Waals surface area contributed by atoms with Gasteiger partial charge in [0.25, 0.3) is 0 Å². The topological polar surface area (TPSA) is 51.9 Å². The quantitative estimate of drug-likeness (QED) is 0.729. The molecular formula is C17H16F2N4O2. The first-order chi connectivity index (χ1) is 12.2. The minimum absolute atomic E-state index is 0.0204. The van der Waals surface area contributed by atoms with Crippen LogP contribution in [-0.2, 0) is 4.74 Å². The van der Waals surface area contributed by atoms with E-state index in [9.17, 15) is 8.78 Å². The van der Waals surface area contributed by atoms with Gasteiger partial charge in [0, 0.05) is 37.1 Å². The molecule has 0 N–H and O–H groups in total. The van der Waals surface area contributed by atoms with Gasteiger partial charge < -0.3 is 14.4 Å². The zero-order chi connectivity index (χ0) is 17.4. The van der Waals surface area contributed by atoms with Crippen molar-refractivity contribution in [1.82, 2.24) is 14.4 Å². The first-order valence-corrected chi connectivity index (χ1v) is 7.87. The Morgan fingerprint density at radius 1 is 1.16 bits per heavy atom. The molecule has 0 aliphatic carbocycles. The van der Waals surface area contributed by atoms with Crippen LogP contribution in [0.5, 0.6) is 5.75 Å². The summed E-state index contributed by atoms with van der Waals surface area (Å²) in [5.74, 6) is -0.735. The van der Waals surface area contributed by atoms with E-state index in [4.69, 9.17) is 9.47 Å². The molecule has 0 atom stereocenters. The molecule has 0 spiro atoms. The molecule has 6 nitrogen and oxygen atoms in total. The Kier molecular flexibility index (Phi) is 3.96. The van der Waals surface area contributed by atoms with Crippen molar-refractivity contribution in [2.24, 2.45) is 0 Å². The van der Waals surface area contributed by atoms with E-state index in [1.54, 1.807) is 23.0 Å². The van der Waals surface area contributed by atoms with E-state index in [1.165, 1.54) is 13.2 Å². The van der Waals surface area contributed by atoms with E-state index in [0.29, 0.717) is 49.0 Å². The van der Waals surface area contributed by atoms with Crippen molar-refractivity contribution in [1.29, 1.82) is 0 Å². The number of hydrogen-bond acceptors (Lipinski definition) is 5. The lowest BCUT2D eigenvalue weighted by atomic mass is 10.1. The van der Waals surface area contributed by atoms with Crippen LogP contribution in [0.3, 0.4) is 0 Å². The van der Waals surface area contributed by atoms with Gasteiger partial charge >= 0.3 is 0 Å². The number of benzene rings is 1. The molecule has 25 heavy (non-hydrogen) atoms. The van der Waals surface area contributed by atoms with Gasteiger partial charge in [-0.1, -0.05) is 0 Å². The fourth-order valence-corrected chi connectivity index (χ4v) is 3.06. The largest absolute Gasteiger partial charge is 0.493 e. The van der Waals surface area contributed by atoms with Gasteiger partial charge in [0.05, 0.1) is 32.2 Å². The minimum Gasteiger partial charge on any atom is -0.493 e. The average molecular weight is 346 g/mol. The molecule has 1 aromatic carbocycles. The Morgan fingerprint density at radius 3 is 2.72 bits per heavy atom. The molecule has 1 aliphatic heterocycles. The minimum atomic E-state index is -0.755. The molecule has 3 aromatic rings. The van der Waals surface area contributed by atoms with Crippen LogP contribution >= 0.6 is 0 Å². The number of ether oxygens (including phenoxy) is 2. The van der Waals surface area contributed by atoms with E-state index >= 15 is 0 Å². The summed E-state index contributed by atoms with van der Waals surface area (Å²) in [5.41, 5.74) is 1.44. The maximum atomic E-state index is 14.0. The van der Waals surface area contributed by atoms with Gasteiger partial charge in [-0.15, -0.1) is 0 Å². The number of methoxy groups -OCH3 is 1. The summed E-state index contributed by atoms with van der Waals surface area (Å²) in [6.07, 6.45) is 4.92. The highest BCUT2D eigenvalue weighted by Gasteiger charge is 2.21. The number of fused-ring (bicyclic) bond motifs is 1. The molecule has 3 heterocycles. The third kappa shape index (κ3) is 2.68. The van der Waals surface area contributed by atoms with Crippen molar-refractivity contribution in [3.63, 3.8) is 0 Å². The summed E-state index contributed by atoms with van der Waals surface area (Å²) in [6, 6.07) is 2.03. The summed E-state index contributed by atoms with van der Waals surface area (Å²) in [7, 11) is 1.35. The number of rotatable bonds is 3. The molecule has 8 heteroatoms. The van der Waals surface area contributed by atoms with Crippen LogP contribution in [0.15, 0.2) is 30.7 Å². The van der Waals surface area contributed by atoms with Crippen LogP contribution < -0.4 is 9.64 Å². The van der Waals surface area contributed by atoms with Crippen LogP contribution in [0.25, 0.3) is 16.9 Å². The molecule has 0 saturated carbocycles. The molecule has 4 rings (SSSR count). The van der Waals surface area contributed by atoms with Crippen LogP contribution in [0, 0.1) is 11.6 Å². The summed E-state index contributed by atoms with van der Waals surface area (Å²) in [4.78, 5) is 10.9. The Hall–Kier alpha value is -2.74. The Labute approximate surface area is 142 Å². The Bertz CT molecular complexity index is 922. The maximum Gasteiger partial charge on any atom is 0.180 e. The third-order valence-corrected chi connectivity index (χ3v) is 4.21. The average Bonchev–Trinajstić information content (AvgIpc) is 3.06. The monoisotopic (exact) mass is 346 g/mol. The summed E-state index contributed by atoms with van der Waals surface area (Å²) in [6.45, 7) is 2.68. The van der Waals surface area contributed by atoms with Crippen LogP contribution in [-0.4, -0.2) is 47.8 Å². The van der Waals surface area contributed by atoms with Gasteiger partial charge in [0.1, 0.15) is 5.82 Å². The maximum absolute atomic E-state index is 14.0. The summed E-state index contributed by atoms with van der Waals surface area (Å²) < 4.78 is 40.0. The highest BCUT2D eigenvalue weighted by molar-refractivity contribution is 5.74. The van der Waals surface area contributed by atoms with Crippen LogP contribution in [0.1, 0.15) is 0 Å². The highest BCUT2D eigenvalue weighted by atomic mass is 19.1. The molecule has 1 fully saturated rings. The molecule has 130 valence electrons. The molecule has 0 radical (unpaired) electrons. The van der Waals surface area contributed by atoms with Gasteiger partial charge in [-0.2, -0.15) is 0 Å². The lowest BCUT2D eigenvalue weighted by Crippen LogP contribution is -2.37. The fourth-order valence-electron chi connectivity index (χ4n) is 3.06. The van der Waals surface area contributed by atoms with E-state index in [2.05, 4.69) is 14.9 Å². The predicted octanol–water partition coefficient (Wildman–Crippen LogP) is 2.52. The smallest absolute Gasteiger partial charge is 0.180 e. The number of halogens is 2. The number of morpholine rings is 1. The van der Waals surface area contributed by atoms with Crippen molar-refractivity contribution in [3.05, 3.63) is 42.4 Å². The highest BCUT2D eigenvalue weighted by Crippen LogP contribution is 2.34. The normalized spacial score (nSPS) is 14.9. The molecule has 0 unspecified atom stereocenters. The molecule has 1 saturated heterocycles. The van der Waals surface area contributed by atoms with E-state index in [-0.39, 0.29) is 5.75 Å². The lowest BCUT2D eigenvalue weighted by molar-refractivity contribution is 0.122. The SMILES string of the molecule is COc1c(F)cc(F)cc1-c1cnc2c(N3CCOCC3)nccn12. The van der Waals surface area contributed by atoms with E-state index in [0.717, 1.165) is 6.07 Å². The van der Waals surface area contributed by atoms with Crippen molar-refractivity contribution >= 4 is 11.5 Å². The van der Waals surface area contributed by atoms with Gasteiger partial charge in [0.2, 0.25) is 0 Å². The lowest BCUT2D eigenvalue weighted by Gasteiger charge is -2.27.